The molecule has 3 nitrogen and oxygen atoms in total. The molecule has 2 unspecified atom stereocenters. The van der Waals surface area contributed by atoms with E-state index in [0.717, 1.165) is 23.3 Å². The average molecular weight is 268 g/mol. The Kier molecular flexibility index (Phi) is 6.05. The monoisotopic (exact) mass is 268 g/mol. The van der Waals surface area contributed by atoms with Crippen molar-refractivity contribution in [3.8, 4) is 0 Å². The zero-order chi connectivity index (χ0) is 13.5. The number of methoxy groups -OCH3 is 1. The summed E-state index contributed by atoms with van der Waals surface area (Å²) in [6, 6.07) is 7.46. The lowest BCUT2D eigenvalue weighted by Gasteiger charge is -2.15. The van der Waals surface area contributed by atoms with Gasteiger partial charge < -0.3 is 4.74 Å². The van der Waals surface area contributed by atoms with Crippen molar-refractivity contribution in [2.45, 2.75) is 43.3 Å². The van der Waals surface area contributed by atoms with E-state index in [2.05, 4.69) is 0 Å². The third-order valence-electron chi connectivity index (χ3n) is 2.85. The summed E-state index contributed by atoms with van der Waals surface area (Å²) in [6.45, 7) is 3.95. The van der Waals surface area contributed by atoms with E-state index in [1.807, 2.05) is 38.1 Å². The minimum absolute atomic E-state index is 0.384. The Labute approximate surface area is 111 Å². The molecule has 0 saturated heterocycles. The molecule has 2 atom stereocenters. The molecule has 0 fully saturated rings. The Morgan fingerprint density at radius 1 is 1.39 bits per heavy atom. The van der Waals surface area contributed by atoms with Crippen LogP contribution in [0.4, 0.5) is 0 Å². The Balaban J connectivity index is 2.95. The number of carbonyl (C=O) groups excluding carboxylic acids is 1. The Morgan fingerprint density at radius 3 is 2.61 bits per heavy atom. The van der Waals surface area contributed by atoms with Gasteiger partial charge in [0.2, 0.25) is 0 Å². The summed E-state index contributed by atoms with van der Waals surface area (Å²) in [7, 11) is 0.00482. The second-order valence-electron chi connectivity index (χ2n) is 4.22. The van der Waals surface area contributed by atoms with E-state index in [0.29, 0.717) is 6.42 Å². The van der Waals surface area contributed by atoms with Gasteiger partial charge in [-0.2, -0.15) is 0 Å². The zero-order valence-electron chi connectivity index (χ0n) is 11.1. The van der Waals surface area contributed by atoms with Gasteiger partial charge in [0.1, 0.15) is 5.25 Å². The highest BCUT2D eigenvalue weighted by atomic mass is 32.2. The number of esters is 1. The number of rotatable bonds is 6. The lowest BCUT2D eigenvalue weighted by Crippen LogP contribution is -2.27. The summed E-state index contributed by atoms with van der Waals surface area (Å²) in [6.07, 6.45) is 2.44. The van der Waals surface area contributed by atoms with Crippen LogP contribution in [-0.2, 0) is 20.3 Å². The summed E-state index contributed by atoms with van der Waals surface area (Å²) in [5, 5.41) is -0.559. The molecule has 0 heterocycles. The van der Waals surface area contributed by atoms with Crippen LogP contribution in [-0.4, -0.2) is 22.5 Å². The molecule has 0 aliphatic rings. The van der Waals surface area contributed by atoms with Crippen LogP contribution in [0.1, 0.15) is 31.7 Å². The van der Waals surface area contributed by atoms with E-state index < -0.39 is 16.0 Å². The van der Waals surface area contributed by atoms with Gasteiger partial charge in [0.25, 0.3) is 0 Å². The van der Waals surface area contributed by atoms with Gasteiger partial charge >= 0.3 is 5.97 Å². The second kappa shape index (κ2) is 7.31. The fraction of sp³-hybridized carbons (Fsp3) is 0.500. The Hall–Kier alpha value is -1.16. The second-order valence-corrected chi connectivity index (χ2v) is 5.82. The van der Waals surface area contributed by atoms with Crippen LogP contribution in [0, 0.1) is 6.92 Å². The molecule has 0 bridgehead atoms. The summed E-state index contributed by atoms with van der Waals surface area (Å²) in [5.74, 6) is -0.384. The molecule has 1 rings (SSSR count). The Morgan fingerprint density at radius 2 is 2.06 bits per heavy atom. The van der Waals surface area contributed by atoms with Gasteiger partial charge in [-0.3, -0.25) is 9.00 Å². The van der Waals surface area contributed by atoms with Crippen LogP contribution in [0.5, 0.6) is 0 Å². The fourth-order valence-corrected chi connectivity index (χ4v) is 3.33. The number of ether oxygens (including phenoxy) is 1. The van der Waals surface area contributed by atoms with Crippen molar-refractivity contribution in [1.82, 2.24) is 0 Å². The van der Waals surface area contributed by atoms with Gasteiger partial charge in [0, 0.05) is 4.90 Å². The van der Waals surface area contributed by atoms with Crippen molar-refractivity contribution in [2.75, 3.05) is 7.11 Å². The molecule has 0 spiro atoms. The molecule has 0 saturated carbocycles. The van der Waals surface area contributed by atoms with Crippen LogP contribution in [0.15, 0.2) is 29.2 Å². The van der Waals surface area contributed by atoms with Crippen molar-refractivity contribution in [1.29, 1.82) is 0 Å². The summed E-state index contributed by atoms with van der Waals surface area (Å²) < 4.78 is 17.2. The maximum atomic E-state index is 12.5. The number of benzene rings is 1. The molecule has 4 heteroatoms. The van der Waals surface area contributed by atoms with Crippen LogP contribution >= 0.6 is 0 Å². The molecule has 0 aliphatic carbocycles. The smallest absolute Gasteiger partial charge is 0.321 e. The molecule has 18 heavy (non-hydrogen) atoms. The van der Waals surface area contributed by atoms with Gasteiger partial charge in [-0.1, -0.05) is 38.0 Å². The highest BCUT2D eigenvalue weighted by Gasteiger charge is 2.27. The quantitative estimate of drug-likeness (QED) is 0.745. The van der Waals surface area contributed by atoms with Gasteiger partial charge in [0.05, 0.1) is 17.9 Å². The predicted molar refractivity (Wildman–Crippen MR) is 72.9 cm³/mol. The molecule has 0 aromatic heterocycles. The third-order valence-corrected chi connectivity index (χ3v) is 4.69. The summed E-state index contributed by atoms with van der Waals surface area (Å²) >= 11 is 0. The third kappa shape index (κ3) is 3.67. The van der Waals surface area contributed by atoms with E-state index in [-0.39, 0.29) is 5.97 Å². The molecule has 1 aromatic rings. The first-order valence-corrected chi connectivity index (χ1v) is 7.37. The van der Waals surface area contributed by atoms with Crippen LogP contribution in [0.2, 0.25) is 0 Å². The first kappa shape index (κ1) is 14.9. The number of aryl methyl sites for hydroxylation is 1. The van der Waals surface area contributed by atoms with Crippen molar-refractivity contribution in [2.24, 2.45) is 0 Å². The molecule has 0 N–H and O–H groups in total. The minimum atomic E-state index is -1.34. The highest BCUT2D eigenvalue weighted by Crippen LogP contribution is 2.20. The SMILES string of the molecule is CCCCC(C(=O)OC)S(=O)c1ccccc1C. The van der Waals surface area contributed by atoms with Crippen LogP contribution in [0.25, 0.3) is 0 Å². The zero-order valence-corrected chi connectivity index (χ0v) is 12.0. The standard InChI is InChI=1S/C14H20O3S/c1-4-5-9-13(14(15)17-3)18(16)12-10-7-6-8-11(12)2/h6-8,10,13H,4-5,9H2,1-3H3. The number of hydrogen-bond donors (Lipinski definition) is 0. The molecular weight excluding hydrogens is 248 g/mol. The highest BCUT2D eigenvalue weighted by molar-refractivity contribution is 7.86. The van der Waals surface area contributed by atoms with Crippen LogP contribution < -0.4 is 0 Å². The van der Waals surface area contributed by atoms with Crippen LogP contribution in [0.3, 0.4) is 0 Å². The van der Waals surface area contributed by atoms with E-state index in [9.17, 15) is 9.00 Å². The lowest BCUT2D eigenvalue weighted by atomic mass is 10.2. The van der Waals surface area contributed by atoms with Gasteiger partial charge in [-0.25, -0.2) is 0 Å². The van der Waals surface area contributed by atoms with Gasteiger partial charge in [0.15, 0.2) is 0 Å². The maximum Gasteiger partial charge on any atom is 0.321 e. The molecule has 0 radical (unpaired) electrons. The first-order chi connectivity index (χ1) is 8.61. The summed E-state index contributed by atoms with van der Waals surface area (Å²) in [5.41, 5.74) is 0.946. The summed E-state index contributed by atoms with van der Waals surface area (Å²) in [4.78, 5) is 12.5. The minimum Gasteiger partial charge on any atom is -0.468 e. The van der Waals surface area contributed by atoms with Crippen molar-refractivity contribution in [3.63, 3.8) is 0 Å². The van der Waals surface area contributed by atoms with Crippen molar-refractivity contribution < 1.29 is 13.7 Å². The predicted octanol–water partition coefficient (Wildman–Crippen LogP) is 2.83. The number of unbranched alkanes of at least 4 members (excludes halogenated alkanes) is 1. The maximum absolute atomic E-state index is 12.5. The molecular formula is C14H20O3S. The van der Waals surface area contributed by atoms with E-state index in [1.165, 1.54) is 7.11 Å². The molecule has 0 amide bonds. The number of hydrogen-bond acceptors (Lipinski definition) is 3. The van der Waals surface area contributed by atoms with Gasteiger partial charge in [-0.15, -0.1) is 0 Å². The molecule has 1 aromatic carbocycles. The van der Waals surface area contributed by atoms with E-state index in [4.69, 9.17) is 4.74 Å². The average Bonchev–Trinajstić information content (AvgIpc) is 2.39. The topological polar surface area (TPSA) is 43.4 Å². The normalized spacial score (nSPS) is 13.9. The van der Waals surface area contributed by atoms with Gasteiger partial charge in [-0.05, 0) is 25.0 Å². The first-order valence-electron chi connectivity index (χ1n) is 6.15. The Bertz CT molecular complexity index is 429. The lowest BCUT2D eigenvalue weighted by molar-refractivity contribution is -0.140. The largest absolute Gasteiger partial charge is 0.468 e. The molecule has 0 aliphatic heterocycles. The van der Waals surface area contributed by atoms with E-state index in [1.54, 1.807) is 0 Å². The van der Waals surface area contributed by atoms with Crippen molar-refractivity contribution >= 4 is 16.8 Å². The van der Waals surface area contributed by atoms with E-state index >= 15 is 0 Å². The van der Waals surface area contributed by atoms with Crippen molar-refractivity contribution in [3.05, 3.63) is 29.8 Å². The molecule has 100 valence electrons. The number of carbonyl (C=O) groups is 1. The fourth-order valence-electron chi connectivity index (χ4n) is 1.77.